The van der Waals surface area contributed by atoms with E-state index in [0.29, 0.717) is 19.5 Å². The van der Waals surface area contributed by atoms with Gasteiger partial charge in [-0.2, -0.15) is 0 Å². The average molecular weight is 366 g/mol. The van der Waals surface area contributed by atoms with Crippen LogP contribution in [0.4, 0.5) is 5.69 Å². The van der Waals surface area contributed by atoms with Crippen LogP contribution in [0.1, 0.15) is 24.5 Å². The summed E-state index contributed by atoms with van der Waals surface area (Å²) in [4.78, 5) is 28.3. The summed E-state index contributed by atoms with van der Waals surface area (Å²) in [7, 11) is 1.64. The second kappa shape index (κ2) is 8.71. The van der Waals surface area contributed by atoms with Crippen LogP contribution in [-0.4, -0.2) is 43.5 Å². The van der Waals surface area contributed by atoms with Crippen LogP contribution in [0.2, 0.25) is 0 Å². The number of amides is 2. The zero-order valence-electron chi connectivity index (χ0n) is 16.0. The quantitative estimate of drug-likeness (QED) is 0.757. The number of hydrogen-bond donors (Lipinski definition) is 0. The van der Waals surface area contributed by atoms with E-state index in [1.165, 1.54) is 5.56 Å². The highest BCUT2D eigenvalue weighted by atomic mass is 16.5. The Morgan fingerprint density at radius 1 is 1.11 bits per heavy atom. The highest BCUT2D eigenvalue weighted by Gasteiger charge is 2.24. The Hall–Kier alpha value is -2.82. The van der Waals surface area contributed by atoms with Crippen molar-refractivity contribution >= 4 is 17.5 Å². The number of ether oxygens (including phenoxy) is 1. The number of rotatable bonds is 7. The van der Waals surface area contributed by atoms with Crippen molar-refractivity contribution in [1.82, 2.24) is 4.90 Å². The number of carbonyl (C=O) groups is 2. The van der Waals surface area contributed by atoms with Crippen LogP contribution in [0.3, 0.4) is 0 Å². The molecule has 0 aromatic heterocycles. The fourth-order valence-electron chi connectivity index (χ4n) is 3.48. The summed E-state index contributed by atoms with van der Waals surface area (Å²) in [5, 5.41) is 0. The Kier molecular flexibility index (Phi) is 6.12. The first-order valence-corrected chi connectivity index (χ1v) is 9.35. The Morgan fingerprint density at radius 2 is 1.93 bits per heavy atom. The molecule has 0 saturated carbocycles. The smallest absolute Gasteiger partial charge is 0.228 e. The third kappa shape index (κ3) is 4.67. The van der Waals surface area contributed by atoms with Crippen molar-refractivity contribution in [3.8, 4) is 5.75 Å². The molecule has 1 aliphatic heterocycles. The van der Waals surface area contributed by atoms with Gasteiger partial charge in [0.25, 0.3) is 0 Å². The Bertz CT molecular complexity index is 819. The second-order valence-corrected chi connectivity index (χ2v) is 6.78. The number of anilines is 1. The van der Waals surface area contributed by atoms with Crippen LogP contribution >= 0.6 is 0 Å². The summed E-state index contributed by atoms with van der Waals surface area (Å²) >= 11 is 0. The van der Waals surface area contributed by atoms with Gasteiger partial charge < -0.3 is 14.5 Å². The molecule has 0 unspecified atom stereocenters. The molecule has 27 heavy (non-hydrogen) atoms. The number of para-hydroxylation sites is 1. The summed E-state index contributed by atoms with van der Waals surface area (Å²) in [5.74, 6) is 0.879. The molecule has 2 aromatic rings. The van der Waals surface area contributed by atoms with Crippen LogP contribution in [0.15, 0.2) is 48.5 Å². The zero-order valence-corrected chi connectivity index (χ0v) is 16.0. The lowest BCUT2D eigenvalue weighted by Crippen LogP contribution is -2.36. The van der Waals surface area contributed by atoms with Gasteiger partial charge in [0.15, 0.2) is 0 Å². The minimum absolute atomic E-state index is 0.00693. The number of benzene rings is 2. The van der Waals surface area contributed by atoms with E-state index >= 15 is 0 Å². The van der Waals surface area contributed by atoms with Gasteiger partial charge >= 0.3 is 0 Å². The molecule has 0 bridgehead atoms. The van der Waals surface area contributed by atoms with E-state index in [9.17, 15) is 9.59 Å². The van der Waals surface area contributed by atoms with E-state index < -0.39 is 0 Å². The van der Waals surface area contributed by atoms with Crippen molar-refractivity contribution < 1.29 is 14.3 Å². The van der Waals surface area contributed by atoms with Gasteiger partial charge in [0.2, 0.25) is 11.8 Å². The largest absolute Gasteiger partial charge is 0.497 e. The maximum Gasteiger partial charge on any atom is 0.228 e. The number of fused-ring (bicyclic) bond motifs is 1. The monoisotopic (exact) mass is 366 g/mol. The molecule has 3 rings (SSSR count). The van der Waals surface area contributed by atoms with E-state index in [1.54, 1.807) is 18.9 Å². The molecule has 5 nitrogen and oxygen atoms in total. The minimum Gasteiger partial charge on any atom is -0.497 e. The maximum atomic E-state index is 12.7. The first-order chi connectivity index (χ1) is 13.1. The molecule has 5 heteroatoms. The molecule has 142 valence electrons. The van der Waals surface area contributed by atoms with Crippen molar-refractivity contribution in [2.75, 3.05) is 31.6 Å². The Morgan fingerprint density at radius 3 is 2.70 bits per heavy atom. The molecule has 0 aliphatic carbocycles. The molecule has 0 fully saturated rings. The highest BCUT2D eigenvalue weighted by molar-refractivity contribution is 5.95. The van der Waals surface area contributed by atoms with Gasteiger partial charge in [-0.05, 0) is 42.2 Å². The zero-order chi connectivity index (χ0) is 19.2. The summed E-state index contributed by atoms with van der Waals surface area (Å²) < 4.78 is 5.24. The normalized spacial score (nSPS) is 12.6. The predicted octanol–water partition coefficient (Wildman–Crippen LogP) is 3.07. The Balaban J connectivity index is 1.55. The van der Waals surface area contributed by atoms with Crippen molar-refractivity contribution in [1.29, 1.82) is 0 Å². The predicted molar refractivity (Wildman–Crippen MR) is 106 cm³/mol. The van der Waals surface area contributed by atoms with Crippen LogP contribution < -0.4 is 9.64 Å². The van der Waals surface area contributed by atoms with E-state index in [1.807, 2.05) is 47.4 Å². The van der Waals surface area contributed by atoms with Gasteiger partial charge in [-0.1, -0.05) is 30.3 Å². The van der Waals surface area contributed by atoms with Gasteiger partial charge in [0.05, 0.1) is 7.11 Å². The van der Waals surface area contributed by atoms with Gasteiger partial charge in [-0.3, -0.25) is 9.59 Å². The fourth-order valence-corrected chi connectivity index (χ4v) is 3.48. The van der Waals surface area contributed by atoms with Crippen LogP contribution in [0.25, 0.3) is 0 Å². The van der Waals surface area contributed by atoms with Crippen molar-refractivity contribution in [3.05, 3.63) is 59.7 Å². The van der Waals surface area contributed by atoms with Crippen molar-refractivity contribution in [2.24, 2.45) is 0 Å². The molecular weight excluding hydrogens is 340 g/mol. The highest BCUT2D eigenvalue weighted by Crippen LogP contribution is 2.27. The maximum absolute atomic E-state index is 12.7. The summed E-state index contributed by atoms with van der Waals surface area (Å²) in [5.41, 5.74) is 3.33. The van der Waals surface area contributed by atoms with Gasteiger partial charge in [0, 0.05) is 38.7 Å². The first-order valence-electron chi connectivity index (χ1n) is 9.35. The molecule has 2 amide bonds. The SMILES string of the molecule is COc1cccc(CCN(CCC(=O)N2CCc3ccccc32)C(C)=O)c1. The molecule has 1 heterocycles. The molecule has 0 atom stereocenters. The van der Waals surface area contributed by atoms with Crippen LogP contribution in [0, 0.1) is 0 Å². The van der Waals surface area contributed by atoms with Gasteiger partial charge in [-0.15, -0.1) is 0 Å². The summed E-state index contributed by atoms with van der Waals surface area (Å²) in [6, 6.07) is 15.9. The topological polar surface area (TPSA) is 49.9 Å². The molecule has 0 spiro atoms. The van der Waals surface area contributed by atoms with Crippen LogP contribution in [-0.2, 0) is 22.4 Å². The molecule has 0 saturated heterocycles. The molecule has 1 aliphatic rings. The number of nitrogens with zero attached hydrogens (tertiary/aromatic N) is 2. The minimum atomic E-state index is -0.00693. The number of carbonyl (C=O) groups excluding carboxylic acids is 2. The standard InChI is InChI=1S/C22H26N2O3/c1-17(25)23(13-10-18-6-5-8-20(16-18)27-2)14-12-22(26)24-15-11-19-7-3-4-9-21(19)24/h3-9,16H,10-15H2,1-2H3. The van der Waals surface area contributed by atoms with Crippen molar-refractivity contribution in [2.45, 2.75) is 26.2 Å². The summed E-state index contributed by atoms with van der Waals surface area (Å²) in [6.45, 7) is 3.31. The van der Waals surface area contributed by atoms with E-state index in [0.717, 1.165) is 36.4 Å². The fraction of sp³-hybridized carbons (Fsp3) is 0.364. The van der Waals surface area contributed by atoms with E-state index in [-0.39, 0.29) is 11.8 Å². The Labute approximate surface area is 160 Å². The van der Waals surface area contributed by atoms with Crippen molar-refractivity contribution in [3.63, 3.8) is 0 Å². The molecule has 0 N–H and O–H groups in total. The lowest BCUT2D eigenvalue weighted by molar-refractivity contribution is -0.129. The molecular formula is C22H26N2O3. The van der Waals surface area contributed by atoms with E-state index in [2.05, 4.69) is 6.07 Å². The van der Waals surface area contributed by atoms with E-state index in [4.69, 9.17) is 4.74 Å². The third-order valence-corrected chi connectivity index (χ3v) is 5.03. The van der Waals surface area contributed by atoms with Gasteiger partial charge in [-0.25, -0.2) is 0 Å². The second-order valence-electron chi connectivity index (χ2n) is 6.78. The number of hydrogen-bond acceptors (Lipinski definition) is 3. The van der Waals surface area contributed by atoms with Crippen LogP contribution in [0.5, 0.6) is 5.75 Å². The lowest BCUT2D eigenvalue weighted by atomic mass is 10.1. The summed E-state index contributed by atoms with van der Waals surface area (Å²) in [6.07, 6.45) is 1.97. The number of methoxy groups -OCH3 is 1. The third-order valence-electron chi connectivity index (χ3n) is 5.03. The first kappa shape index (κ1) is 19.0. The van der Waals surface area contributed by atoms with Gasteiger partial charge in [0.1, 0.15) is 5.75 Å². The molecule has 0 radical (unpaired) electrons. The average Bonchev–Trinajstić information content (AvgIpc) is 3.12. The lowest BCUT2D eigenvalue weighted by Gasteiger charge is -2.23. The molecule has 2 aromatic carbocycles.